The first-order valence-electron chi connectivity index (χ1n) is 9.31. The van der Waals surface area contributed by atoms with Crippen molar-refractivity contribution in [2.45, 2.75) is 25.6 Å². The standard InChI is InChI=1S/C22H18F4N4/c23-16-8-18-15(11-29-22(18)30-12-16)7-13-5-6-19(27-9-13)28-10-14-3-1-2-4-17(14)20(24)21(25)26/h1-6,8-9,11-12,20-21H,7,10H2,(H,27,28)(H,29,30). The van der Waals surface area contributed by atoms with Crippen molar-refractivity contribution in [3.05, 3.63) is 89.1 Å². The van der Waals surface area contributed by atoms with Crippen LogP contribution in [0.1, 0.15) is 28.4 Å². The van der Waals surface area contributed by atoms with Crippen molar-refractivity contribution in [3.63, 3.8) is 0 Å². The van der Waals surface area contributed by atoms with Crippen LogP contribution in [0.3, 0.4) is 0 Å². The quantitative estimate of drug-likeness (QED) is 0.389. The van der Waals surface area contributed by atoms with E-state index in [1.165, 1.54) is 18.2 Å². The summed E-state index contributed by atoms with van der Waals surface area (Å²) < 4.78 is 52.7. The van der Waals surface area contributed by atoms with Gasteiger partial charge < -0.3 is 10.3 Å². The number of nitrogens with one attached hydrogen (secondary N) is 2. The smallest absolute Gasteiger partial charge is 0.273 e. The van der Waals surface area contributed by atoms with Crippen LogP contribution >= 0.6 is 0 Å². The van der Waals surface area contributed by atoms with Crippen LogP contribution in [0.5, 0.6) is 0 Å². The molecule has 4 rings (SSSR count). The number of nitrogens with zero attached hydrogens (tertiary/aromatic N) is 2. The number of anilines is 1. The second-order valence-electron chi connectivity index (χ2n) is 6.88. The summed E-state index contributed by atoms with van der Waals surface area (Å²) in [6.45, 7) is 0.170. The van der Waals surface area contributed by atoms with E-state index in [0.717, 1.165) is 17.3 Å². The van der Waals surface area contributed by atoms with Gasteiger partial charge >= 0.3 is 0 Å². The Morgan fingerprint density at radius 1 is 0.967 bits per heavy atom. The summed E-state index contributed by atoms with van der Waals surface area (Å²) >= 11 is 0. The second-order valence-corrected chi connectivity index (χ2v) is 6.88. The van der Waals surface area contributed by atoms with E-state index in [-0.39, 0.29) is 12.1 Å². The number of halogens is 4. The third-order valence-corrected chi connectivity index (χ3v) is 4.84. The van der Waals surface area contributed by atoms with E-state index in [9.17, 15) is 17.6 Å². The Kier molecular flexibility index (Phi) is 5.65. The highest BCUT2D eigenvalue weighted by Gasteiger charge is 2.23. The molecule has 2 N–H and O–H groups in total. The van der Waals surface area contributed by atoms with Gasteiger partial charge in [-0.2, -0.15) is 0 Å². The van der Waals surface area contributed by atoms with Gasteiger partial charge in [-0.05, 0) is 34.4 Å². The molecule has 0 aliphatic heterocycles. The molecule has 1 atom stereocenters. The Morgan fingerprint density at radius 3 is 2.57 bits per heavy atom. The fourth-order valence-electron chi connectivity index (χ4n) is 3.32. The first kappa shape index (κ1) is 19.9. The van der Waals surface area contributed by atoms with Crippen LogP contribution in [-0.4, -0.2) is 21.4 Å². The maximum absolute atomic E-state index is 13.8. The van der Waals surface area contributed by atoms with E-state index >= 15 is 0 Å². The SMILES string of the molecule is Fc1cnc2[nH]cc(Cc3ccc(NCc4ccccc4C(F)C(F)F)nc3)c2c1. The molecule has 0 radical (unpaired) electrons. The number of hydrogen-bond acceptors (Lipinski definition) is 3. The fraction of sp³-hybridized carbons (Fsp3) is 0.182. The van der Waals surface area contributed by atoms with Gasteiger partial charge in [-0.15, -0.1) is 0 Å². The van der Waals surface area contributed by atoms with Crippen molar-refractivity contribution in [1.82, 2.24) is 15.0 Å². The maximum atomic E-state index is 13.8. The van der Waals surface area contributed by atoms with Gasteiger partial charge in [-0.25, -0.2) is 27.5 Å². The zero-order valence-electron chi connectivity index (χ0n) is 15.7. The molecule has 154 valence electrons. The number of pyridine rings is 2. The highest BCUT2D eigenvalue weighted by Crippen LogP contribution is 2.28. The van der Waals surface area contributed by atoms with E-state index in [4.69, 9.17) is 0 Å². The minimum Gasteiger partial charge on any atom is -0.366 e. The minimum absolute atomic E-state index is 0.0307. The number of alkyl halides is 3. The first-order valence-corrected chi connectivity index (χ1v) is 9.31. The third-order valence-electron chi connectivity index (χ3n) is 4.84. The van der Waals surface area contributed by atoms with Crippen LogP contribution in [0.25, 0.3) is 11.0 Å². The summed E-state index contributed by atoms with van der Waals surface area (Å²) in [6.07, 6.45) is -0.229. The van der Waals surface area contributed by atoms with E-state index in [0.29, 0.717) is 28.8 Å². The molecule has 0 amide bonds. The zero-order chi connectivity index (χ0) is 21.1. The zero-order valence-corrected chi connectivity index (χ0v) is 15.7. The largest absolute Gasteiger partial charge is 0.366 e. The average Bonchev–Trinajstić information content (AvgIpc) is 3.14. The number of benzene rings is 1. The van der Waals surface area contributed by atoms with Gasteiger partial charge in [0.1, 0.15) is 17.3 Å². The lowest BCUT2D eigenvalue weighted by atomic mass is 10.0. The van der Waals surface area contributed by atoms with Gasteiger partial charge in [0.05, 0.1) is 6.20 Å². The maximum Gasteiger partial charge on any atom is 0.273 e. The van der Waals surface area contributed by atoms with Crippen LogP contribution in [-0.2, 0) is 13.0 Å². The Balaban J connectivity index is 1.44. The lowest BCUT2D eigenvalue weighted by Crippen LogP contribution is -2.10. The van der Waals surface area contributed by atoms with Gasteiger partial charge in [0, 0.05) is 30.7 Å². The predicted octanol–water partition coefficient (Wildman–Crippen LogP) is 5.58. The van der Waals surface area contributed by atoms with E-state index in [1.807, 2.05) is 6.07 Å². The molecule has 0 saturated heterocycles. The van der Waals surface area contributed by atoms with E-state index in [2.05, 4.69) is 20.3 Å². The number of hydrogen-bond donors (Lipinski definition) is 2. The average molecular weight is 414 g/mol. The molecule has 3 heterocycles. The van der Waals surface area contributed by atoms with Crippen LogP contribution in [0.15, 0.2) is 61.1 Å². The molecule has 1 aromatic carbocycles. The molecule has 0 fully saturated rings. The molecule has 0 aliphatic carbocycles. The molecule has 4 nitrogen and oxygen atoms in total. The lowest BCUT2D eigenvalue weighted by molar-refractivity contribution is 0.0491. The Bertz CT molecular complexity index is 1140. The molecular formula is C22H18F4N4. The third kappa shape index (κ3) is 4.27. The van der Waals surface area contributed by atoms with Crippen molar-refractivity contribution in [2.75, 3.05) is 5.32 Å². The summed E-state index contributed by atoms with van der Waals surface area (Å²) in [5.41, 5.74) is 2.84. The number of fused-ring (bicyclic) bond motifs is 1. The number of aromatic nitrogens is 3. The van der Waals surface area contributed by atoms with Crippen molar-refractivity contribution in [1.29, 1.82) is 0 Å². The molecule has 0 aliphatic rings. The Labute approximate surface area is 170 Å². The van der Waals surface area contributed by atoms with Crippen LogP contribution < -0.4 is 5.32 Å². The number of H-pyrrole nitrogens is 1. The second kappa shape index (κ2) is 8.52. The lowest BCUT2D eigenvalue weighted by Gasteiger charge is -2.14. The highest BCUT2D eigenvalue weighted by atomic mass is 19.3. The van der Waals surface area contributed by atoms with Crippen LogP contribution in [0.2, 0.25) is 0 Å². The van der Waals surface area contributed by atoms with Gasteiger partial charge in [-0.1, -0.05) is 30.3 Å². The first-order chi connectivity index (χ1) is 14.5. The number of rotatable bonds is 7. The monoisotopic (exact) mass is 414 g/mol. The van der Waals surface area contributed by atoms with Crippen molar-refractivity contribution in [2.24, 2.45) is 0 Å². The molecule has 3 aromatic heterocycles. The van der Waals surface area contributed by atoms with E-state index in [1.54, 1.807) is 30.6 Å². The fourth-order valence-corrected chi connectivity index (χ4v) is 3.32. The summed E-state index contributed by atoms with van der Waals surface area (Å²) in [7, 11) is 0. The minimum atomic E-state index is -3.07. The molecule has 8 heteroatoms. The molecule has 0 spiro atoms. The van der Waals surface area contributed by atoms with Gasteiger partial charge in [0.25, 0.3) is 6.43 Å². The Morgan fingerprint density at radius 2 is 1.80 bits per heavy atom. The van der Waals surface area contributed by atoms with Crippen molar-refractivity contribution >= 4 is 16.9 Å². The molecular weight excluding hydrogens is 396 g/mol. The van der Waals surface area contributed by atoms with Gasteiger partial charge in [0.2, 0.25) is 0 Å². The molecule has 0 saturated carbocycles. The summed E-state index contributed by atoms with van der Waals surface area (Å²) in [5, 5.41) is 3.75. The van der Waals surface area contributed by atoms with Gasteiger partial charge in [-0.3, -0.25) is 0 Å². The van der Waals surface area contributed by atoms with Gasteiger partial charge in [0.15, 0.2) is 6.17 Å². The highest BCUT2D eigenvalue weighted by molar-refractivity contribution is 5.80. The van der Waals surface area contributed by atoms with Crippen LogP contribution in [0, 0.1) is 5.82 Å². The van der Waals surface area contributed by atoms with Crippen molar-refractivity contribution < 1.29 is 17.6 Å². The van der Waals surface area contributed by atoms with E-state index < -0.39 is 18.4 Å². The number of aromatic amines is 1. The topological polar surface area (TPSA) is 53.6 Å². The Hall–Kier alpha value is -3.42. The molecule has 1 unspecified atom stereocenters. The molecule has 4 aromatic rings. The normalized spacial score (nSPS) is 12.4. The summed E-state index contributed by atoms with van der Waals surface area (Å²) in [4.78, 5) is 11.4. The van der Waals surface area contributed by atoms with Crippen LogP contribution in [0.4, 0.5) is 23.4 Å². The molecule has 30 heavy (non-hydrogen) atoms. The summed E-state index contributed by atoms with van der Waals surface area (Å²) in [6, 6.07) is 11.2. The predicted molar refractivity (Wildman–Crippen MR) is 107 cm³/mol. The van der Waals surface area contributed by atoms with Crippen molar-refractivity contribution in [3.8, 4) is 0 Å². The molecule has 0 bridgehead atoms. The summed E-state index contributed by atoms with van der Waals surface area (Å²) in [5.74, 6) is 0.135.